The third-order valence-corrected chi connectivity index (χ3v) is 11.9. The minimum atomic E-state index is -1.25. The van der Waals surface area contributed by atoms with Crippen molar-refractivity contribution in [2.45, 2.75) is 115 Å². The number of para-hydroxylation sites is 1. The van der Waals surface area contributed by atoms with E-state index < -0.39 is 65.4 Å². The van der Waals surface area contributed by atoms with Crippen molar-refractivity contribution in [3.8, 4) is 0 Å². The molecule has 20 nitrogen and oxygen atoms in total. The number of imidazole rings is 1. The summed E-state index contributed by atoms with van der Waals surface area (Å²) < 4.78 is 0. The lowest BCUT2D eigenvalue weighted by Gasteiger charge is -2.26. The maximum absolute atomic E-state index is 13.9. The highest BCUT2D eigenvalue weighted by atomic mass is 32.2. The van der Waals surface area contributed by atoms with Gasteiger partial charge in [-0.15, -0.1) is 11.8 Å². The first-order valence-electron chi connectivity index (χ1n) is 23.4. The van der Waals surface area contributed by atoms with Crippen molar-refractivity contribution in [1.29, 1.82) is 0 Å². The van der Waals surface area contributed by atoms with Crippen molar-refractivity contribution < 1.29 is 38.7 Å². The number of carboxylic acids is 1. The molecule has 4 atom stereocenters. The minimum Gasteiger partial charge on any atom is -0.480 e. The lowest BCUT2D eigenvalue weighted by atomic mass is 10.0. The molecule has 5 rings (SSSR count). The molecule has 2 aromatic carbocycles. The van der Waals surface area contributed by atoms with Crippen molar-refractivity contribution in [3.63, 3.8) is 0 Å². The number of nitrogens with zero attached hydrogens (tertiary/aromatic N) is 2. The van der Waals surface area contributed by atoms with Crippen molar-refractivity contribution in [2.24, 2.45) is 16.5 Å². The van der Waals surface area contributed by atoms with Gasteiger partial charge in [0.2, 0.25) is 35.4 Å². The van der Waals surface area contributed by atoms with Gasteiger partial charge < -0.3 is 58.4 Å². The second-order valence-corrected chi connectivity index (χ2v) is 17.4. The van der Waals surface area contributed by atoms with E-state index in [0.29, 0.717) is 30.5 Å². The molecule has 1 fully saturated rings. The molecule has 1 aliphatic rings. The number of aromatic nitrogens is 3. The number of rotatable bonds is 13. The molecule has 6 amide bonds. The number of benzene rings is 2. The van der Waals surface area contributed by atoms with E-state index in [0.717, 1.165) is 44.0 Å². The van der Waals surface area contributed by atoms with Gasteiger partial charge in [-0.25, -0.2) is 4.98 Å². The number of carbonyl (C=O) groups excluding carboxylic acids is 6. The van der Waals surface area contributed by atoms with Crippen molar-refractivity contribution in [1.82, 2.24) is 46.9 Å². The van der Waals surface area contributed by atoms with Gasteiger partial charge in [0.1, 0.15) is 23.4 Å². The molecule has 0 saturated carbocycles. The number of aromatic amines is 2. The standard InChI is InChI=1S/C34H48N8O8S.C10H11N.C4H11N3/c1-2-3-5-13-28(43)40-26-20-51-27(34(49)50)12-8-9-14-36-29(44)18-37-30(45)19-38-31(46)24(15-22-10-6-4-7-11-22)41-32(47)25(42-33(26)48)16-23-17-35-21-39-23;1-2-8-7-11-10-6-4-3-5-9(8)10;1-2-3-7-4(5)6/h4,6-7,10-11,17,21,24-27H,2-3,5,8-9,12-16,18-20H2,1H3,(H,35,39)(H,36,44)(H,37,45)(H,38,46)(H,40,43)(H,41,47)(H,42,48)(H,49,50);3-7,11H,2H2,1H3;2-3H2,1H3,(H4,5,6,7)/t24?,25-,26?,27?;;/m0../s1. The number of nitrogens with one attached hydrogen (secondary N) is 8. The maximum atomic E-state index is 13.9. The van der Waals surface area contributed by atoms with Crippen molar-refractivity contribution in [2.75, 3.05) is 31.9 Å². The number of carboxylic acid groups (broad SMARTS) is 1. The topological polar surface area (TPSA) is 321 Å². The Morgan fingerprint density at radius 2 is 1.51 bits per heavy atom. The molecule has 69 heavy (non-hydrogen) atoms. The zero-order chi connectivity index (χ0) is 50.4. The van der Waals surface area contributed by atoms with Gasteiger partial charge in [0.15, 0.2) is 5.96 Å². The third-order valence-electron chi connectivity index (χ3n) is 10.6. The molecule has 1 saturated heterocycles. The summed E-state index contributed by atoms with van der Waals surface area (Å²) in [6, 6.07) is 13.7. The van der Waals surface area contributed by atoms with Crippen molar-refractivity contribution in [3.05, 3.63) is 90.1 Å². The predicted octanol–water partition coefficient (Wildman–Crippen LogP) is 2.35. The van der Waals surface area contributed by atoms with Crippen LogP contribution in [-0.2, 0) is 52.8 Å². The fourth-order valence-electron chi connectivity index (χ4n) is 6.85. The van der Waals surface area contributed by atoms with E-state index in [4.69, 9.17) is 11.5 Å². The van der Waals surface area contributed by atoms with Gasteiger partial charge >= 0.3 is 5.97 Å². The van der Waals surface area contributed by atoms with Crippen LogP contribution < -0.4 is 43.4 Å². The minimum absolute atomic E-state index is 0.0518. The van der Waals surface area contributed by atoms with Gasteiger partial charge in [0, 0.05) is 67.1 Å². The number of hydrogen-bond acceptors (Lipinski definition) is 10. The summed E-state index contributed by atoms with van der Waals surface area (Å²) in [6.07, 6.45) is 10.7. The van der Waals surface area contributed by atoms with E-state index in [1.807, 2.05) is 13.8 Å². The van der Waals surface area contributed by atoms with E-state index in [9.17, 15) is 38.7 Å². The molecule has 376 valence electrons. The maximum Gasteiger partial charge on any atom is 0.316 e. The summed E-state index contributed by atoms with van der Waals surface area (Å²) in [6.45, 7) is 6.39. The van der Waals surface area contributed by atoms with E-state index in [1.54, 1.807) is 30.3 Å². The van der Waals surface area contributed by atoms with E-state index in [1.165, 1.54) is 29.0 Å². The molecule has 0 bridgehead atoms. The number of H-pyrrole nitrogens is 2. The van der Waals surface area contributed by atoms with Crippen LogP contribution in [0, 0.1) is 0 Å². The van der Waals surface area contributed by atoms with E-state index in [2.05, 4.69) is 89.2 Å². The number of amides is 6. The number of aliphatic carboxylic acids is 1. The van der Waals surface area contributed by atoms with Crippen LogP contribution >= 0.6 is 11.8 Å². The van der Waals surface area contributed by atoms with Crippen LogP contribution in [0.4, 0.5) is 0 Å². The Morgan fingerprint density at radius 3 is 2.17 bits per heavy atom. The lowest BCUT2D eigenvalue weighted by Crippen LogP contribution is -2.58. The van der Waals surface area contributed by atoms with Crippen LogP contribution in [0.1, 0.15) is 89.0 Å². The Balaban J connectivity index is 0.000000577. The normalized spacial score (nSPS) is 18.9. The average molecular weight is 975 g/mol. The number of guanidine groups is 1. The third kappa shape index (κ3) is 22.2. The first kappa shape index (κ1) is 56.4. The van der Waals surface area contributed by atoms with Gasteiger partial charge in [-0.2, -0.15) is 0 Å². The molecule has 0 aliphatic carbocycles. The van der Waals surface area contributed by atoms with Gasteiger partial charge in [-0.1, -0.05) is 88.6 Å². The Bertz CT molecular complexity index is 2230. The van der Waals surface area contributed by atoms with E-state index >= 15 is 0 Å². The van der Waals surface area contributed by atoms with Gasteiger partial charge in [-0.05, 0) is 49.3 Å². The fraction of sp³-hybridized carbons (Fsp3) is 0.479. The molecule has 4 aromatic rings. The van der Waals surface area contributed by atoms with Crippen LogP contribution in [0.25, 0.3) is 10.9 Å². The molecule has 1 aliphatic heterocycles. The predicted molar refractivity (Wildman–Crippen MR) is 268 cm³/mol. The zero-order valence-electron chi connectivity index (χ0n) is 39.8. The van der Waals surface area contributed by atoms with Gasteiger partial charge in [-0.3, -0.25) is 38.6 Å². The fourth-order valence-corrected chi connectivity index (χ4v) is 7.98. The number of aryl methyl sites for hydroxylation is 1. The quantitative estimate of drug-likeness (QED) is 0.0523. The number of carbonyl (C=O) groups is 7. The number of hydrogen-bond donors (Lipinski definition) is 11. The molecule has 0 spiro atoms. The number of unbranched alkanes of at least 4 members (excludes halogenated alkanes) is 2. The second kappa shape index (κ2) is 32.0. The Morgan fingerprint density at radius 1 is 0.812 bits per heavy atom. The monoisotopic (exact) mass is 975 g/mol. The number of aliphatic imine (C=N–C) groups is 1. The van der Waals surface area contributed by atoms with Crippen LogP contribution in [0.2, 0.25) is 0 Å². The highest BCUT2D eigenvalue weighted by Gasteiger charge is 2.32. The van der Waals surface area contributed by atoms with Crippen LogP contribution in [0.15, 0.2) is 78.3 Å². The van der Waals surface area contributed by atoms with Gasteiger partial charge in [0.05, 0.1) is 19.4 Å². The lowest BCUT2D eigenvalue weighted by molar-refractivity contribution is -0.136. The highest BCUT2D eigenvalue weighted by Crippen LogP contribution is 2.20. The van der Waals surface area contributed by atoms with Crippen molar-refractivity contribution >= 4 is 70.0 Å². The summed E-state index contributed by atoms with van der Waals surface area (Å²) in [5, 5.41) is 26.1. The molecular formula is C48H70N12O8S. The first-order valence-corrected chi connectivity index (χ1v) is 24.5. The van der Waals surface area contributed by atoms with Crippen LogP contribution in [-0.4, -0.2) is 123 Å². The summed E-state index contributed by atoms with van der Waals surface area (Å²) >= 11 is 0.997. The Hall–Kier alpha value is -6.90. The molecule has 0 radical (unpaired) electrons. The Kier molecular flexibility index (Phi) is 26.1. The average Bonchev–Trinajstić information content (AvgIpc) is 4.02. The number of thioether (sulfide) groups is 1. The number of nitrogens with two attached hydrogens (primary N) is 2. The van der Waals surface area contributed by atoms with Crippen LogP contribution in [0.3, 0.4) is 0 Å². The molecule has 3 unspecified atom stereocenters. The van der Waals surface area contributed by atoms with E-state index in [-0.39, 0.29) is 56.4 Å². The summed E-state index contributed by atoms with van der Waals surface area (Å²) in [5.41, 5.74) is 13.9. The second-order valence-electron chi connectivity index (χ2n) is 16.2. The van der Waals surface area contributed by atoms with Gasteiger partial charge in [0.25, 0.3) is 0 Å². The molecule has 13 N–H and O–H groups in total. The smallest absolute Gasteiger partial charge is 0.316 e. The summed E-state index contributed by atoms with van der Waals surface area (Å²) in [4.78, 5) is 105. The molecule has 2 aromatic heterocycles. The molecule has 3 heterocycles. The molecule has 21 heteroatoms. The summed E-state index contributed by atoms with van der Waals surface area (Å²) in [5.74, 6) is -4.56. The highest BCUT2D eigenvalue weighted by molar-refractivity contribution is 8.00. The SMILES string of the molecule is CCCCCC(=O)NC1CSC(C(=O)O)CCCCNC(=O)CNC(=O)CNC(=O)C(Cc2ccccc2)NC(=O)[C@H](Cc2cnc[nH]2)NC1=O.CCCN=C(N)N.CCc1c[nH]c2ccccc12. The zero-order valence-corrected chi connectivity index (χ0v) is 40.6. The summed E-state index contributed by atoms with van der Waals surface area (Å²) in [7, 11) is 0. The first-order chi connectivity index (χ1) is 33.2. The number of fused-ring (bicyclic) bond motifs is 1. The largest absolute Gasteiger partial charge is 0.480 e. The van der Waals surface area contributed by atoms with Crippen LogP contribution in [0.5, 0.6) is 0 Å². The Labute approximate surface area is 407 Å². The molecular weight excluding hydrogens is 905 g/mol.